The molecule has 0 aliphatic heterocycles. The van der Waals surface area contributed by atoms with Crippen molar-refractivity contribution in [1.82, 2.24) is 5.43 Å². The van der Waals surface area contributed by atoms with Crippen molar-refractivity contribution in [2.75, 3.05) is 0 Å². The molecular formula is C12H13BN4. The lowest BCUT2D eigenvalue weighted by atomic mass is 9.98. The molecule has 3 N–H and O–H groups in total. The van der Waals surface area contributed by atoms with Crippen molar-refractivity contribution >= 4 is 20.0 Å². The fraction of sp³-hybridized carbons (Fsp3) is 0. The molecule has 0 bridgehead atoms. The topological polar surface area (TPSA) is 62.8 Å². The molecule has 1 aromatic carbocycles. The van der Waals surface area contributed by atoms with Gasteiger partial charge in [-0.1, -0.05) is 48.5 Å². The van der Waals surface area contributed by atoms with Crippen molar-refractivity contribution in [3.63, 3.8) is 0 Å². The van der Waals surface area contributed by atoms with Gasteiger partial charge in [0.2, 0.25) is 5.96 Å². The molecule has 5 heteroatoms. The van der Waals surface area contributed by atoms with Gasteiger partial charge >= 0.3 is 0 Å². The Morgan fingerprint density at radius 2 is 2.06 bits per heavy atom. The molecule has 0 aromatic heterocycles. The summed E-state index contributed by atoms with van der Waals surface area (Å²) in [5.74, 6) is 0.155. The predicted molar refractivity (Wildman–Crippen MR) is 72.8 cm³/mol. The van der Waals surface area contributed by atoms with Crippen LogP contribution in [0.25, 0.3) is 0 Å². The third-order valence-electron chi connectivity index (χ3n) is 1.78. The van der Waals surface area contributed by atoms with E-state index in [4.69, 9.17) is 13.6 Å². The number of nitrogens with zero attached hydrogens (tertiary/aromatic N) is 2. The van der Waals surface area contributed by atoms with Gasteiger partial charge in [-0.25, -0.2) is 10.4 Å². The van der Waals surface area contributed by atoms with Gasteiger partial charge in [0.05, 0.1) is 6.21 Å². The minimum atomic E-state index is 0.155. The van der Waals surface area contributed by atoms with Gasteiger partial charge in [0.15, 0.2) is 0 Å². The molecule has 84 valence electrons. The quantitative estimate of drug-likeness (QED) is 0.264. The minimum Gasteiger partial charge on any atom is -0.368 e. The molecule has 1 rings (SSSR count). The van der Waals surface area contributed by atoms with E-state index in [2.05, 4.69) is 22.1 Å². The van der Waals surface area contributed by atoms with E-state index >= 15 is 0 Å². The molecule has 4 nitrogen and oxygen atoms in total. The van der Waals surface area contributed by atoms with E-state index in [-0.39, 0.29) is 5.96 Å². The van der Waals surface area contributed by atoms with E-state index in [0.29, 0.717) is 5.47 Å². The van der Waals surface area contributed by atoms with Crippen LogP contribution in [-0.4, -0.2) is 20.0 Å². The van der Waals surface area contributed by atoms with Gasteiger partial charge in [-0.15, -0.1) is 0 Å². The summed E-state index contributed by atoms with van der Waals surface area (Å²) < 4.78 is 0. The second kappa shape index (κ2) is 7.06. The summed E-state index contributed by atoms with van der Waals surface area (Å²) in [7, 11) is 5.46. The maximum Gasteiger partial charge on any atom is 0.214 e. The normalized spacial score (nSPS) is 12.7. The first-order valence-electron chi connectivity index (χ1n) is 4.98. The van der Waals surface area contributed by atoms with E-state index < -0.39 is 0 Å². The second-order valence-corrected chi connectivity index (χ2v) is 3.13. The predicted octanol–water partition coefficient (Wildman–Crippen LogP) is 1.12. The number of aliphatic imine (C=N–C) groups is 1. The van der Waals surface area contributed by atoms with Crippen LogP contribution in [0.5, 0.6) is 0 Å². The third-order valence-corrected chi connectivity index (χ3v) is 1.78. The molecule has 0 saturated heterocycles. The number of rotatable bonds is 4. The Morgan fingerprint density at radius 1 is 1.35 bits per heavy atom. The molecule has 2 radical (unpaired) electrons. The van der Waals surface area contributed by atoms with Gasteiger partial charge in [-0.2, -0.15) is 5.10 Å². The van der Waals surface area contributed by atoms with Crippen LogP contribution >= 0.6 is 0 Å². The average molecular weight is 224 g/mol. The van der Waals surface area contributed by atoms with E-state index in [1.807, 2.05) is 30.3 Å². The Morgan fingerprint density at radius 3 is 2.71 bits per heavy atom. The molecule has 0 atom stereocenters. The molecule has 0 heterocycles. The lowest BCUT2D eigenvalue weighted by molar-refractivity contribution is 1.01. The van der Waals surface area contributed by atoms with Crippen molar-refractivity contribution in [3.8, 4) is 0 Å². The molecule has 0 saturated carbocycles. The standard InChI is InChI=1S/C12H13BN4/c1-2-11(13)9-15-12(14)17-16-8-10-6-4-3-5-7-10/h2-9H,1H2,(H3,14,15,17)/b11-9+,16-8+. The molecule has 0 unspecified atom stereocenters. The highest BCUT2D eigenvalue weighted by atomic mass is 15.3. The van der Waals surface area contributed by atoms with Gasteiger partial charge in [-0.3, -0.25) is 0 Å². The molecule has 0 aliphatic carbocycles. The summed E-state index contributed by atoms with van der Waals surface area (Å²) in [6.07, 6.45) is 4.51. The molecule has 17 heavy (non-hydrogen) atoms. The van der Waals surface area contributed by atoms with Crippen LogP contribution in [0, 0.1) is 0 Å². The molecule has 0 aliphatic rings. The van der Waals surface area contributed by atoms with Gasteiger partial charge in [0.1, 0.15) is 7.85 Å². The van der Waals surface area contributed by atoms with Gasteiger partial charge in [0, 0.05) is 6.20 Å². The van der Waals surface area contributed by atoms with Crippen molar-refractivity contribution in [3.05, 3.63) is 60.2 Å². The lowest BCUT2D eigenvalue weighted by Crippen LogP contribution is -2.26. The van der Waals surface area contributed by atoms with Crippen LogP contribution < -0.4 is 11.2 Å². The van der Waals surface area contributed by atoms with Crippen LogP contribution in [0.2, 0.25) is 0 Å². The van der Waals surface area contributed by atoms with Crippen molar-refractivity contribution in [1.29, 1.82) is 0 Å². The van der Waals surface area contributed by atoms with Crippen molar-refractivity contribution in [2.45, 2.75) is 0 Å². The van der Waals surface area contributed by atoms with Crippen LogP contribution in [0.3, 0.4) is 0 Å². The Bertz CT molecular complexity index is 449. The summed E-state index contributed by atoms with van der Waals surface area (Å²) in [5.41, 5.74) is 9.50. The summed E-state index contributed by atoms with van der Waals surface area (Å²) in [6, 6.07) is 9.63. The number of hydrogen-bond acceptors (Lipinski definition) is 2. The molecular weight excluding hydrogens is 211 g/mol. The van der Waals surface area contributed by atoms with E-state index in [0.717, 1.165) is 5.56 Å². The van der Waals surface area contributed by atoms with Crippen molar-refractivity contribution in [2.24, 2.45) is 15.8 Å². The smallest absolute Gasteiger partial charge is 0.214 e. The highest BCUT2D eigenvalue weighted by Gasteiger charge is 1.86. The van der Waals surface area contributed by atoms with Gasteiger partial charge < -0.3 is 5.73 Å². The number of benzene rings is 1. The maximum absolute atomic E-state index is 5.53. The van der Waals surface area contributed by atoms with Crippen molar-refractivity contribution < 1.29 is 0 Å². The largest absolute Gasteiger partial charge is 0.368 e. The van der Waals surface area contributed by atoms with Crippen LogP contribution in [0.15, 0.2) is 64.8 Å². The summed E-state index contributed by atoms with van der Waals surface area (Å²) >= 11 is 0. The van der Waals surface area contributed by atoms with Gasteiger partial charge in [-0.05, 0) is 5.56 Å². The van der Waals surface area contributed by atoms with Gasteiger partial charge in [0.25, 0.3) is 0 Å². The molecule has 1 aromatic rings. The zero-order valence-corrected chi connectivity index (χ0v) is 9.38. The highest BCUT2D eigenvalue weighted by Crippen LogP contribution is 1.93. The number of allylic oxidation sites excluding steroid dienone is 2. The number of hydrogen-bond donors (Lipinski definition) is 2. The monoisotopic (exact) mass is 224 g/mol. The Hall–Kier alpha value is -2.30. The lowest BCUT2D eigenvalue weighted by Gasteiger charge is -1.97. The zero-order valence-electron chi connectivity index (χ0n) is 9.38. The Labute approximate surface area is 102 Å². The number of hydrazone groups is 1. The minimum absolute atomic E-state index is 0.155. The van der Waals surface area contributed by atoms with Crippen LogP contribution in [0.1, 0.15) is 5.56 Å². The molecule has 0 amide bonds. The Kier molecular flexibility index (Phi) is 5.30. The second-order valence-electron chi connectivity index (χ2n) is 3.13. The summed E-state index contributed by atoms with van der Waals surface area (Å²) in [5, 5.41) is 3.92. The average Bonchev–Trinajstić information content (AvgIpc) is 2.37. The zero-order chi connectivity index (χ0) is 12.5. The first-order valence-corrected chi connectivity index (χ1v) is 4.98. The summed E-state index contributed by atoms with van der Waals surface area (Å²) in [4.78, 5) is 3.84. The third kappa shape index (κ3) is 5.37. The van der Waals surface area contributed by atoms with E-state index in [1.54, 1.807) is 6.21 Å². The van der Waals surface area contributed by atoms with E-state index in [1.165, 1.54) is 12.3 Å². The Balaban J connectivity index is 2.51. The number of nitrogens with one attached hydrogen (secondary N) is 1. The fourth-order valence-corrected chi connectivity index (χ4v) is 0.938. The fourth-order valence-electron chi connectivity index (χ4n) is 0.938. The van der Waals surface area contributed by atoms with Crippen LogP contribution in [0.4, 0.5) is 0 Å². The van der Waals surface area contributed by atoms with Crippen LogP contribution in [-0.2, 0) is 0 Å². The SMILES string of the molecule is [B]/C(C=C)=C/N=C(N)N/N=C/c1ccccc1. The maximum atomic E-state index is 5.53. The first-order chi connectivity index (χ1) is 8.22. The highest BCUT2D eigenvalue weighted by molar-refractivity contribution is 6.23. The summed E-state index contributed by atoms with van der Waals surface area (Å²) in [6.45, 7) is 3.49. The molecule has 0 fully saturated rings. The molecule has 0 spiro atoms. The first kappa shape index (κ1) is 12.8. The number of nitrogens with two attached hydrogens (primary N) is 1. The number of guanidine groups is 1. The van der Waals surface area contributed by atoms with E-state index in [9.17, 15) is 0 Å².